The van der Waals surface area contributed by atoms with Crippen LogP contribution in [0.1, 0.15) is 47.7 Å². The van der Waals surface area contributed by atoms with Crippen molar-refractivity contribution in [3.8, 4) is 0 Å². The Balaban J connectivity index is 1.33. The quantitative estimate of drug-likeness (QED) is 0.180. The van der Waals surface area contributed by atoms with E-state index in [2.05, 4.69) is 71.8 Å². The number of nitrogens with zero attached hydrogens (tertiary/aromatic N) is 2. The molecule has 42 heavy (non-hydrogen) atoms. The summed E-state index contributed by atoms with van der Waals surface area (Å²) in [5.41, 5.74) is 6.04. The Labute approximate surface area is 258 Å². The number of para-hydroxylation sites is 2. The average Bonchev–Trinajstić information content (AvgIpc) is 3.39. The van der Waals surface area contributed by atoms with E-state index in [4.69, 9.17) is 12.2 Å². The molecule has 3 aromatic rings. The summed E-state index contributed by atoms with van der Waals surface area (Å²) in [4.78, 5) is 30.2. The van der Waals surface area contributed by atoms with Gasteiger partial charge in [-0.1, -0.05) is 0 Å². The van der Waals surface area contributed by atoms with E-state index in [9.17, 15) is 9.59 Å². The second-order valence-corrected chi connectivity index (χ2v) is 20.8. The van der Waals surface area contributed by atoms with E-state index < -0.39 is 14.0 Å². The number of likely N-dealkylation sites (N-methyl/N-ethyl adjacent to an activating group) is 1. The van der Waals surface area contributed by atoms with E-state index in [0.29, 0.717) is 11.8 Å². The number of benzene rings is 2. The Kier molecular flexibility index (Phi) is 5.16. The van der Waals surface area contributed by atoms with Crippen LogP contribution in [0.25, 0.3) is 6.08 Å². The zero-order chi connectivity index (χ0) is 28.7. The molecule has 3 aliphatic heterocycles. The third-order valence-electron chi connectivity index (χ3n) is 11.6. The summed E-state index contributed by atoms with van der Waals surface area (Å²) < 4.78 is 2.53. The molecule has 1 aromatic heterocycles. The SMILES string of the molecule is CN1C(=O)/C(=C\c2cc3c([se]2)N2c4ccccc4[Si](C)(C)c4cccc(c42)C32C3CC4CC(C3)CC2C4)C(=O)NC1=S. The van der Waals surface area contributed by atoms with E-state index in [1.165, 1.54) is 63.7 Å². The molecule has 5 nitrogen and oxygen atoms in total. The Morgan fingerprint density at radius 2 is 1.64 bits per heavy atom. The van der Waals surface area contributed by atoms with E-state index in [0.717, 1.165) is 16.3 Å². The first-order chi connectivity index (χ1) is 20.2. The van der Waals surface area contributed by atoms with Crippen molar-refractivity contribution in [1.29, 1.82) is 0 Å². The number of anilines is 3. The summed E-state index contributed by atoms with van der Waals surface area (Å²) in [7, 11) is -0.306. The summed E-state index contributed by atoms with van der Waals surface area (Å²) in [6.45, 7) is 5.04. The molecule has 2 aromatic carbocycles. The second kappa shape index (κ2) is 8.44. The molecule has 4 bridgehead atoms. The van der Waals surface area contributed by atoms with Crippen molar-refractivity contribution < 1.29 is 9.59 Å². The van der Waals surface area contributed by atoms with Gasteiger partial charge in [-0.3, -0.25) is 0 Å². The van der Waals surface area contributed by atoms with Crippen molar-refractivity contribution in [2.24, 2.45) is 23.7 Å². The van der Waals surface area contributed by atoms with Crippen molar-refractivity contribution in [2.75, 3.05) is 11.9 Å². The molecule has 0 radical (unpaired) electrons. The topological polar surface area (TPSA) is 52.7 Å². The summed E-state index contributed by atoms with van der Waals surface area (Å²) in [5.74, 6) is 2.32. The zero-order valence-corrected chi connectivity index (χ0v) is 27.6. The van der Waals surface area contributed by atoms with E-state index in [1.54, 1.807) is 17.8 Å². The fourth-order valence-electron chi connectivity index (χ4n) is 10.1. The summed E-state index contributed by atoms with van der Waals surface area (Å²) in [5, 5.41) is 5.91. The molecule has 2 amide bonds. The molecule has 8 heteroatoms. The molecule has 7 aliphatic rings. The predicted octanol–water partition coefficient (Wildman–Crippen LogP) is 4.66. The van der Waals surface area contributed by atoms with Gasteiger partial charge >= 0.3 is 260 Å². The Hall–Kier alpha value is -2.77. The molecule has 5 fully saturated rings. The third-order valence-corrected chi connectivity index (χ3v) is 17.7. The van der Waals surface area contributed by atoms with E-state index in [1.807, 2.05) is 6.08 Å². The summed E-state index contributed by atoms with van der Waals surface area (Å²) in [6.07, 6.45) is 8.59. The number of carbonyl (C=O) groups excluding carboxylic acids is 2. The van der Waals surface area contributed by atoms with Crippen LogP contribution < -0.4 is 20.6 Å². The van der Waals surface area contributed by atoms with Gasteiger partial charge in [0.05, 0.1) is 0 Å². The third kappa shape index (κ3) is 3.07. The van der Waals surface area contributed by atoms with Crippen LogP contribution >= 0.6 is 12.2 Å². The first kappa shape index (κ1) is 25.7. The number of carbonyl (C=O) groups is 2. The van der Waals surface area contributed by atoms with Crippen LogP contribution in [0.5, 0.6) is 0 Å². The number of amides is 2. The fourth-order valence-corrected chi connectivity index (χ4v) is 15.7. The van der Waals surface area contributed by atoms with Gasteiger partial charge in [0.25, 0.3) is 0 Å². The molecule has 4 aliphatic carbocycles. The number of hydrogen-bond acceptors (Lipinski definition) is 4. The second-order valence-electron chi connectivity index (χ2n) is 13.9. The molecule has 4 saturated carbocycles. The Morgan fingerprint density at radius 3 is 2.38 bits per heavy atom. The van der Waals surface area contributed by atoms with Gasteiger partial charge in [-0.15, -0.1) is 0 Å². The van der Waals surface area contributed by atoms with Crippen molar-refractivity contribution in [3.63, 3.8) is 0 Å². The van der Waals surface area contributed by atoms with E-state index in [-0.39, 0.29) is 36.5 Å². The molecular formula is C34H33N3O2SSeSi. The van der Waals surface area contributed by atoms with Crippen molar-refractivity contribution in [2.45, 2.75) is 50.6 Å². The van der Waals surface area contributed by atoms with Crippen LogP contribution in [-0.2, 0) is 15.0 Å². The Morgan fingerprint density at radius 1 is 0.952 bits per heavy atom. The van der Waals surface area contributed by atoms with Gasteiger partial charge in [0.2, 0.25) is 0 Å². The molecule has 1 spiro atoms. The number of thiocarbonyl (C=S) groups is 1. The monoisotopic (exact) mass is 655 g/mol. The van der Waals surface area contributed by atoms with Gasteiger partial charge in [0.1, 0.15) is 0 Å². The molecule has 0 unspecified atom stereocenters. The van der Waals surface area contributed by atoms with Crippen molar-refractivity contribution in [3.05, 3.63) is 69.7 Å². The van der Waals surface area contributed by atoms with Gasteiger partial charge < -0.3 is 0 Å². The molecule has 4 heterocycles. The van der Waals surface area contributed by atoms with Crippen LogP contribution in [0.2, 0.25) is 13.1 Å². The summed E-state index contributed by atoms with van der Waals surface area (Å²) in [6, 6.07) is 18.7. The maximum atomic E-state index is 13.2. The van der Waals surface area contributed by atoms with Crippen LogP contribution in [0, 0.1) is 23.7 Å². The molecule has 1 saturated heterocycles. The van der Waals surface area contributed by atoms with E-state index >= 15 is 0 Å². The maximum absolute atomic E-state index is 13.2. The summed E-state index contributed by atoms with van der Waals surface area (Å²) >= 11 is 5.16. The minimum atomic E-state index is -1.94. The van der Waals surface area contributed by atoms with Crippen LogP contribution in [-0.4, -0.2) is 51.5 Å². The molecule has 212 valence electrons. The molecule has 10 rings (SSSR count). The number of nitrogens with one attached hydrogen (secondary N) is 1. The standard InChI is InChI=1S/C34H33N3O2SSeSi/c1-36-31(39)23(30(38)35-33(36)40)16-22-17-25-32(41-22)37-26-8-4-5-9-27(26)42(2,3)28-10-6-7-24(29(28)37)34(25)20-12-18-11-19(14-20)15-21(34)13-18/h4-10,16-21H,11-15H2,1-3H3,(H,35,38,40)/b23-16-. The first-order valence-corrected chi connectivity index (χ1v) is 20.3. The molecule has 1 N–H and O–H groups in total. The predicted molar refractivity (Wildman–Crippen MR) is 174 cm³/mol. The average molecular weight is 655 g/mol. The van der Waals surface area contributed by atoms with Gasteiger partial charge in [-0.2, -0.15) is 0 Å². The van der Waals surface area contributed by atoms with Gasteiger partial charge in [-0.05, 0) is 0 Å². The number of fused-ring (bicyclic) bond motifs is 4. The van der Waals surface area contributed by atoms with Gasteiger partial charge in [-0.25, -0.2) is 0 Å². The van der Waals surface area contributed by atoms with Gasteiger partial charge in [0.15, 0.2) is 0 Å². The number of hydrogen-bond donors (Lipinski definition) is 1. The fraction of sp³-hybridized carbons (Fsp3) is 0.382. The zero-order valence-electron chi connectivity index (χ0n) is 24.1. The molecular weight excluding hydrogens is 622 g/mol. The van der Waals surface area contributed by atoms with Crippen LogP contribution in [0.15, 0.2) is 54.1 Å². The van der Waals surface area contributed by atoms with Crippen LogP contribution in [0.3, 0.4) is 0 Å². The van der Waals surface area contributed by atoms with Crippen LogP contribution in [0.4, 0.5) is 15.9 Å². The normalized spacial score (nSPS) is 32.3. The number of rotatable bonds is 1. The van der Waals surface area contributed by atoms with Gasteiger partial charge in [0, 0.05) is 0 Å². The first-order valence-electron chi connectivity index (χ1n) is 15.2. The van der Waals surface area contributed by atoms with Crippen molar-refractivity contribution in [1.82, 2.24) is 10.2 Å². The Bertz CT molecular complexity index is 1780. The molecule has 0 atom stereocenters. The minimum absolute atomic E-state index is 0.0144. The van der Waals surface area contributed by atoms with Crippen molar-refractivity contribution >= 4 is 84.1 Å².